The standard InChI is InChI=1S/C26H36N2O7.C18H30N2O5.C10H24N2O3.C8H7ClO2.Y.H2/c29-25(34-21-23-9-3-1-4-10-23)27-13-7-15-31-17-19-33-20-18-32-16-8-14-28-26(30)35-22-24-11-5-2-6-12-24;19-8-4-10-22-12-14-24-15-13-23-11-5-9-20-18(21)25-16-17-6-2-1-3-7-17;11-3-1-5-13-7-9-15-10-8-14-6-2-4-12;9-8(10)11-6-7-4-2-1-3-5-7;;/h1-6,9-12H,7-8,13-22H2,(H,27,29)(H,28,30);1-3,6-7H,4-5,8-16,19H2,(H,20,21);1-12H2;1-5H,6H2;;1H. The van der Waals surface area contributed by atoms with Crippen molar-refractivity contribution in [2.24, 2.45) is 17.2 Å². The number of ether oxygens (including phenoxy) is 13. The van der Waals surface area contributed by atoms with E-state index in [1.165, 1.54) is 0 Å². The molecule has 0 bridgehead atoms. The fourth-order valence-electron chi connectivity index (χ4n) is 6.31. The van der Waals surface area contributed by atoms with Gasteiger partial charge < -0.3 is 94.7 Å². The van der Waals surface area contributed by atoms with E-state index in [9.17, 15) is 19.2 Å². The number of nitrogens with two attached hydrogens (primary N) is 3. The molecule has 0 aliphatic heterocycles. The van der Waals surface area contributed by atoms with E-state index < -0.39 is 23.7 Å². The molecule has 4 aromatic rings. The summed E-state index contributed by atoms with van der Waals surface area (Å²) in [5.74, 6) is 0. The molecule has 0 heterocycles. The van der Waals surface area contributed by atoms with Crippen LogP contribution < -0.4 is 33.2 Å². The normalized spacial score (nSPS) is 10.3. The second kappa shape index (κ2) is 65.5. The predicted octanol–water partition coefficient (Wildman–Crippen LogP) is 7.91. The van der Waals surface area contributed by atoms with Crippen LogP contribution in [-0.4, -0.2) is 182 Å². The third-order valence-electron chi connectivity index (χ3n) is 10.7. The molecule has 0 saturated carbocycles. The molecular weight excluding hydrogens is 1230 g/mol. The molecule has 489 valence electrons. The third-order valence-corrected chi connectivity index (χ3v) is 10.9. The minimum absolute atomic E-state index is 0. The van der Waals surface area contributed by atoms with Gasteiger partial charge in [0.2, 0.25) is 0 Å². The first-order chi connectivity index (χ1) is 42.3. The van der Waals surface area contributed by atoms with Gasteiger partial charge in [0, 0.05) is 105 Å². The Morgan fingerprint density at radius 2 is 0.506 bits per heavy atom. The van der Waals surface area contributed by atoms with Crippen LogP contribution in [0.4, 0.5) is 19.2 Å². The molecule has 4 aromatic carbocycles. The number of amides is 3. The zero-order chi connectivity index (χ0) is 62.1. The second-order valence-corrected chi connectivity index (χ2v) is 18.3. The maximum atomic E-state index is 11.6. The summed E-state index contributed by atoms with van der Waals surface area (Å²) >= 11 is 4.97. The molecule has 0 spiro atoms. The number of hydrogen-bond acceptors (Lipinski definition) is 20. The molecule has 87 heavy (non-hydrogen) atoms. The van der Waals surface area contributed by atoms with Gasteiger partial charge in [0.05, 0.1) is 79.3 Å². The van der Waals surface area contributed by atoms with E-state index in [0.29, 0.717) is 171 Å². The van der Waals surface area contributed by atoms with Crippen molar-refractivity contribution in [1.29, 1.82) is 0 Å². The molecule has 0 aromatic heterocycles. The van der Waals surface area contributed by atoms with Crippen LogP contribution >= 0.6 is 11.6 Å². The van der Waals surface area contributed by atoms with Gasteiger partial charge >= 0.3 is 23.7 Å². The molecular formula is C62H99ClN6O17Y. The molecule has 0 saturated heterocycles. The second-order valence-electron chi connectivity index (χ2n) is 18.0. The van der Waals surface area contributed by atoms with Gasteiger partial charge in [0.15, 0.2) is 0 Å². The van der Waals surface area contributed by atoms with Crippen LogP contribution in [0.1, 0.15) is 62.2 Å². The van der Waals surface area contributed by atoms with E-state index >= 15 is 0 Å². The minimum atomic E-state index is -0.770. The molecule has 3 amide bonds. The van der Waals surface area contributed by atoms with Gasteiger partial charge in [0.25, 0.3) is 0 Å². The van der Waals surface area contributed by atoms with Crippen molar-refractivity contribution in [3.63, 3.8) is 0 Å². The predicted molar refractivity (Wildman–Crippen MR) is 331 cm³/mol. The number of alkyl carbamates (subject to hydrolysis) is 3. The third kappa shape index (κ3) is 59.8. The van der Waals surface area contributed by atoms with Crippen molar-refractivity contribution >= 4 is 35.3 Å². The topological polar surface area (TPSA) is 302 Å². The Hall–Kier alpha value is -4.93. The summed E-state index contributed by atoms with van der Waals surface area (Å²) in [7, 11) is 0. The van der Waals surface area contributed by atoms with Crippen LogP contribution in [0, 0.1) is 0 Å². The van der Waals surface area contributed by atoms with Gasteiger partial charge in [-0.2, -0.15) is 0 Å². The average Bonchev–Trinajstić information content (AvgIpc) is 3.54. The summed E-state index contributed by atoms with van der Waals surface area (Å²) < 4.78 is 68.2. The van der Waals surface area contributed by atoms with E-state index in [4.69, 9.17) is 85.6 Å². The Balaban J connectivity index is 0. The summed E-state index contributed by atoms with van der Waals surface area (Å²) in [6.45, 7) is 14.8. The largest absolute Gasteiger partial charge is 0.449 e. The maximum absolute atomic E-state index is 11.6. The van der Waals surface area contributed by atoms with Crippen molar-refractivity contribution in [3.05, 3.63) is 144 Å². The minimum Gasteiger partial charge on any atom is -0.449 e. The quantitative estimate of drug-likeness (QED) is 0.0139. The Bertz CT molecular complexity index is 2060. The molecule has 25 heteroatoms. The van der Waals surface area contributed by atoms with Crippen molar-refractivity contribution in [2.75, 3.05) is 158 Å². The molecule has 9 N–H and O–H groups in total. The van der Waals surface area contributed by atoms with Gasteiger partial charge in [-0.3, -0.25) is 0 Å². The summed E-state index contributed by atoms with van der Waals surface area (Å²) in [6, 6.07) is 38.0. The van der Waals surface area contributed by atoms with E-state index in [-0.39, 0.29) is 60.6 Å². The van der Waals surface area contributed by atoms with Crippen LogP contribution in [0.2, 0.25) is 0 Å². The van der Waals surface area contributed by atoms with Gasteiger partial charge in [-0.05, 0) is 80.4 Å². The first-order valence-electron chi connectivity index (χ1n) is 29.3. The van der Waals surface area contributed by atoms with Crippen molar-refractivity contribution in [1.82, 2.24) is 16.0 Å². The number of carbonyl (C=O) groups is 4. The Kier molecular flexibility index (Phi) is 61.8. The number of carbonyl (C=O) groups excluding carboxylic acids is 4. The molecule has 0 aliphatic carbocycles. The molecule has 0 atom stereocenters. The number of hydrogen-bond donors (Lipinski definition) is 6. The van der Waals surface area contributed by atoms with Gasteiger partial charge in [-0.25, -0.2) is 19.2 Å². The number of nitrogens with one attached hydrogen (secondary N) is 3. The maximum Gasteiger partial charge on any atom is 0.407 e. The summed E-state index contributed by atoms with van der Waals surface area (Å²) in [5.41, 5.74) is 19.0. The fourth-order valence-corrected chi connectivity index (χ4v) is 6.37. The smallest absolute Gasteiger partial charge is 0.407 e. The summed E-state index contributed by atoms with van der Waals surface area (Å²) in [5, 5.41) is 8.08. The number of rotatable bonds is 47. The number of halogens is 1. The zero-order valence-corrected chi connectivity index (χ0v) is 54.3. The Morgan fingerprint density at radius 3 is 0.713 bits per heavy atom. The van der Waals surface area contributed by atoms with E-state index in [0.717, 1.165) is 47.9 Å². The van der Waals surface area contributed by atoms with Crippen LogP contribution in [0.5, 0.6) is 0 Å². The van der Waals surface area contributed by atoms with Gasteiger partial charge in [0.1, 0.15) is 26.4 Å². The Morgan fingerprint density at radius 1 is 0.310 bits per heavy atom. The van der Waals surface area contributed by atoms with Crippen molar-refractivity contribution < 1.29 is 115 Å². The van der Waals surface area contributed by atoms with Crippen molar-refractivity contribution in [2.45, 2.75) is 65.0 Å². The molecule has 1 radical (unpaired) electrons. The summed E-state index contributed by atoms with van der Waals surface area (Å²) in [4.78, 5) is 44.9. The van der Waals surface area contributed by atoms with Crippen LogP contribution in [0.25, 0.3) is 0 Å². The van der Waals surface area contributed by atoms with Crippen LogP contribution in [0.15, 0.2) is 121 Å². The van der Waals surface area contributed by atoms with Crippen molar-refractivity contribution in [3.8, 4) is 0 Å². The SMILES string of the molecule is NCCCOCCOCCOCCCN.NCCCOCCOCCOCCCNC(=O)OCc1ccccc1.O=C(Cl)OCc1ccccc1.O=C(NCCCOCCOCCOCCCNC(=O)OCc1ccccc1)OCc1ccccc1.[HH].[Y]. The first kappa shape index (κ1) is 82.1. The fraction of sp³-hybridized carbons (Fsp3) is 0.548. The average molecular weight is 1320 g/mol. The molecule has 0 unspecified atom stereocenters. The van der Waals surface area contributed by atoms with E-state index in [2.05, 4.69) is 20.7 Å². The van der Waals surface area contributed by atoms with Crippen LogP contribution in [0.3, 0.4) is 0 Å². The summed E-state index contributed by atoms with van der Waals surface area (Å²) in [6.07, 6.45) is 3.51. The van der Waals surface area contributed by atoms with Crippen LogP contribution in [-0.2, 0) is 121 Å². The monoisotopic (exact) mass is 1320 g/mol. The first-order valence-corrected chi connectivity index (χ1v) is 29.6. The molecule has 0 aliphatic rings. The number of benzene rings is 4. The van der Waals surface area contributed by atoms with E-state index in [1.807, 2.05) is 121 Å². The van der Waals surface area contributed by atoms with E-state index in [1.54, 1.807) is 0 Å². The molecule has 23 nitrogen and oxygen atoms in total. The molecule has 4 rings (SSSR count). The van der Waals surface area contributed by atoms with Gasteiger partial charge in [-0.1, -0.05) is 121 Å². The van der Waals surface area contributed by atoms with Gasteiger partial charge in [-0.15, -0.1) is 0 Å². The molecule has 0 fully saturated rings. The Labute approximate surface area is 546 Å². The zero-order valence-electron chi connectivity index (χ0n) is 50.7.